The van der Waals surface area contributed by atoms with Crippen LogP contribution in [0.3, 0.4) is 0 Å². The molecule has 0 unspecified atom stereocenters. The van der Waals surface area contributed by atoms with Crippen LogP contribution in [0.1, 0.15) is 30.1 Å². The first-order valence-corrected chi connectivity index (χ1v) is 7.97. The quantitative estimate of drug-likeness (QED) is 0.885. The fourth-order valence-corrected chi connectivity index (χ4v) is 3.40. The number of hydrogen-bond donors (Lipinski definition) is 1. The van der Waals surface area contributed by atoms with Gasteiger partial charge >= 0.3 is 0 Å². The van der Waals surface area contributed by atoms with Gasteiger partial charge in [0.25, 0.3) is 0 Å². The summed E-state index contributed by atoms with van der Waals surface area (Å²) in [6.07, 6.45) is 0.979. The second kappa shape index (κ2) is 6.31. The maximum Gasteiger partial charge on any atom is 0.242 e. The summed E-state index contributed by atoms with van der Waals surface area (Å²) < 4.78 is 1.82. The van der Waals surface area contributed by atoms with Gasteiger partial charge in [0.05, 0.1) is 6.54 Å². The van der Waals surface area contributed by atoms with Gasteiger partial charge in [0.1, 0.15) is 6.04 Å². The standard InChI is InChI=1S/C13H18N6OS/c1-2-6-19-11(15-16-17-19)9-18-7-5-14-13(20)12(18)10-4-3-8-21-10/h3-4,8,12H,2,5-7,9H2,1H3,(H,14,20)/t12-/m0/s1. The summed E-state index contributed by atoms with van der Waals surface area (Å²) >= 11 is 1.60. The Morgan fingerprint density at radius 2 is 2.43 bits per heavy atom. The first-order chi connectivity index (χ1) is 10.3. The lowest BCUT2D eigenvalue weighted by molar-refractivity contribution is -0.129. The normalized spacial score (nSPS) is 19.7. The van der Waals surface area contributed by atoms with Crippen LogP contribution in [0.25, 0.3) is 0 Å². The van der Waals surface area contributed by atoms with Gasteiger partial charge in [-0.05, 0) is 28.3 Å². The fraction of sp³-hybridized carbons (Fsp3) is 0.538. The summed E-state index contributed by atoms with van der Waals surface area (Å²) in [6, 6.07) is 3.73. The van der Waals surface area contributed by atoms with E-state index in [1.165, 1.54) is 0 Å². The van der Waals surface area contributed by atoms with Crippen molar-refractivity contribution in [3.8, 4) is 0 Å². The van der Waals surface area contributed by atoms with Crippen molar-refractivity contribution in [1.82, 2.24) is 30.4 Å². The number of piperazine rings is 1. The van der Waals surface area contributed by atoms with Gasteiger partial charge < -0.3 is 5.32 Å². The minimum absolute atomic E-state index is 0.0539. The van der Waals surface area contributed by atoms with Gasteiger partial charge in [-0.1, -0.05) is 13.0 Å². The Hall–Kier alpha value is -1.80. The highest BCUT2D eigenvalue weighted by Crippen LogP contribution is 2.28. The minimum atomic E-state index is -0.245. The van der Waals surface area contributed by atoms with Crippen molar-refractivity contribution in [3.05, 3.63) is 28.2 Å². The van der Waals surface area contributed by atoms with E-state index in [9.17, 15) is 4.79 Å². The zero-order valence-electron chi connectivity index (χ0n) is 11.9. The number of amides is 1. The summed E-state index contributed by atoms with van der Waals surface area (Å²) in [5.41, 5.74) is 0. The van der Waals surface area contributed by atoms with Crippen molar-refractivity contribution in [2.75, 3.05) is 13.1 Å². The molecule has 0 aliphatic carbocycles. The first-order valence-electron chi connectivity index (χ1n) is 7.09. The van der Waals surface area contributed by atoms with E-state index in [0.29, 0.717) is 13.1 Å². The number of aromatic nitrogens is 4. The molecule has 1 amide bonds. The Bertz CT molecular complexity index is 596. The van der Waals surface area contributed by atoms with Crippen molar-refractivity contribution < 1.29 is 4.79 Å². The molecule has 0 radical (unpaired) electrons. The van der Waals surface area contributed by atoms with E-state index in [1.54, 1.807) is 11.3 Å². The predicted octanol–water partition coefficient (Wildman–Crippen LogP) is 0.818. The van der Waals surface area contributed by atoms with Crippen LogP contribution in [0.4, 0.5) is 0 Å². The number of thiophene rings is 1. The molecule has 1 aliphatic heterocycles. The summed E-state index contributed by atoms with van der Waals surface area (Å²) in [5.74, 6) is 0.867. The van der Waals surface area contributed by atoms with Gasteiger partial charge in [-0.3, -0.25) is 9.69 Å². The molecule has 3 rings (SSSR count). The van der Waals surface area contributed by atoms with Crippen LogP contribution in [0.5, 0.6) is 0 Å². The zero-order valence-corrected chi connectivity index (χ0v) is 12.7. The van der Waals surface area contributed by atoms with Crippen LogP contribution >= 0.6 is 11.3 Å². The number of carbonyl (C=O) groups excluding carboxylic acids is 1. The molecule has 112 valence electrons. The van der Waals surface area contributed by atoms with Gasteiger partial charge in [0.15, 0.2) is 5.82 Å². The number of nitrogens with one attached hydrogen (secondary N) is 1. The van der Waals surface area contributed by atoms with Crippen LogP contribution in [0.15, 0.2) is 17.5 Å². The topological polar surface area (TPSA) is 75.9 Å². The molecular weight excluding hydrogens is 288 g/mol. The van der Waals surface area contributed by atoms with Crippen molar-refractivity contribution in [2.24, 2.45) is 0 Å². The molecule has 3 heterocycles. The average Bonchev–Trinajstić information content (AvgIpc) is 3.12. The molecule has 1 aliphatic rings. The third kappa shape index (κ3) is 2.96. The highest BCUT2D eigenvalue weighted by Gasteiger charge is 2.32. The molecule has 1 atom stereocenters. The summed E-state index contributed by atoms with van der Waals surface area (Å²) in [7, 11) is 0. The van der Waals surface area contributed by atoms with E-state index < -0.39 is 0 Å². The lowest BCUT2D eigenvalue weighted by Gasteiger charge is -2.33. The van der Waals surface area contributed by atoms with Crippen LogP contribution < -0.4 is 5.32 Å². The number of nitrogens with zero attached hydrogens (tertiary/aromatic N) is 5. The maximum atomic E-state index is 12.2. The van der Waals surface area contributed by atoms with E-state index >= 15 is 0 Å². The third-order valence-corrected chi connectivity index (χ3v) is 4.44. The van der Waals surface area contributed by atoms with Gasteiger partial charge in [0, 0.05) is 24.5 Å². The molecule has 1 saturated heterocycles. The number of rotatable bonds is 5. The van der Waals surface area contributed by atoms with Gasteiger partial charge in [-0.2, -0.15) is 0 Å². The monoisotopic (exact) mass is 306 g/mol. The van der Waals surface area contributed by atoms with Crippen LogP contribution in [-0.4, -0.2) is 44.1 Å². The molecule has 0 aromatic carbocycles. The van der Waals surface area contributed by atoms with Crippen LogP contribution in [0, 0.1) is 0 Å². The second-order valence-electron chi connectivity index (χ2n) is 5.00. The second-order valence-corrected chi connectivity index (χ2v) is 5.98. The van der Waals surface area contributed by atoms with Gasteiger partial charge in [0.2, 0.25) is 5.91 Å². The highest BCUT2D eigenvalue weighted by atomic mass is 32.1. The molecule has 2 aromatic heterocycles. The summed E-state index contributed by atoms with van der Waals surface area (Å²) in [5, 5.41) is 16.8. The highest BCUT2D eigenvalue weighted by molar-refractivity contribution is 7.10. The van der Waals surface area contributed by atoms with Crippen molar-refractivity contribution >= 4 is 17.2 Å². The third-order valence-electron chi connectivity index (χ3n) is 3.51. The van der Waals surface area contributed by atoms with E-state index in [1.807, 2.05) is 22.2 Å². The van der Waals surface area contributed by atoms with E-state index in [-0.39, 0.29) is 11.9 Å². The Balaban J connectivity index is 1.81. The molecule has 2 aromatic rings. The van der Waals surface area contributed by atoms with E-state index in [4.69, 9.17) is 0 Å². The Kier molecular flexibility index (Phi) is 4.26. The minimum Gasteiger partial charge on any atom is -0.353 e. The fourth-order valence-electron chi connectivity index (χ4n) is 2.54. The molecule has 0 bridgehead atoms. The lowest BCUT2D eigenvalue weighted by Crippen LogP contribution is -2.49. The number of tetrazole rings is 1. The molecule has 1 N–H and O–H groups in total. The van der Waals surface area contributed by atoms with Crippen LogP contribution in [0.2, 0.25) is 0 Å². The van der Waals surface area contributed by atoms with Crippen LogP contribution in [-0.2, 0) is 17.9 Å². The maximum absolute atomic E-state index is 12.2. The predicted molar refractivity (Wildman–Crippen MR) is 78.6 cm³/mol. The molecule has 1 fully saturated rings. The summed E-state index contributed by atoms with van der Waals surface area (Å²) in [4.78, 5) is 15.4. The van der Waals surface area contributed by atoms with Gasteiger partial charge in [-0.15, -0.1) is 16.4 Å². The zero-order chi connectivity index (χ0) is 14.7. The van der Waals surface area contributed by atoms with E-state index in [2.05, 4.69) is 32.7 Å². The Labute approximate surface area is 126 Å². The van der Waals surface area contributed by atoms with Crippen molar-refractivity contribution in [3.63, 3.8) is 0 Å². The smallest absolute Gasteiger partial charge is 0.242 e. The molecule has 7 nitrogen and oxygen atoms in total. The van der Waals surface area contributed by atoms with E-state index in [0.717, 1.165) is 30.2 Å². The van der Waals surface area contributed by atoms with Gasteiger partial charge in [-0.25, -0.2) is 4.68 Å². The Morgan fingerprint density at radius 3 is 3.19 bits per heavy atom. The molecular formula is C13H18N6OS. The largest absolute Gasteiger partial charge is 0.353 e. The first kappa shape index (κ1) is 14.2. The number of hydrogen-bond acceptors (Lipinski definition) is 6. The Morgan fingerprint density at radius 1 is 1.52 bits per heavy atom. The molecule has 0 saturated carbocycles. The van der Waals surface area contributed by atoms with Crippen molar-refractivity contribution in [2.45, 2.75) is 32.5 Å². The average molecular weight is 306 g/mol. The molecule has 21 heavy (non-hydrogen) atoms. The number of carbonyl (C=O) groups is 1. The molecule has 0 spiro atoms. The lowest BCUT2D eigenvalue weighted by atomic mass is 10.1. The summed E-state index contributed by atoms with van der Waals surface area (Å²) in [6.45, 7) is 4.94. The van der Waals surface area contributed by atoms with Crippen molar-refractivity contribution in [1.29, 1.82) is 0 Å². The SMILES string of the molecule is CCCn1nnnc1CN1CCNC(=O)[C@@H]1c1cccs1. The molecule has 8 heteroatoms. The number of aryl methyl sites for hydroxylation is 1.